The van der Waals surface area contributed by atoms with E-state index >= 15 is 0 Å². The first-order chi connectivity index (χ1) is 8.22. The van der Waals surface area contributed by atoms with Crippen molar-refractivity contribution in [2.75, 3.05) is 0 Å². The van der Waals surface area contributed by atoms with Gasteiger partial charge in [-0.25, -0.2) is 4.79 Å². The number of allylic oxidation sites excluding steroid dienone is 1. The molecule has 0 fully saturated rings. The van der Waals surface area contributed by atoms with Crippen molar-refractivity contribution >= 4 is 5.97 Å². The van der Waals surface area contributed by atoms with Crippen LogP contribution in [-0.4, -0.2) is 11.1 Å². The number of unbranched alkanes of at least 4 members (excludes halogenated alkanes) is 7. The van der Waals surface area contributed by atoms with Gasteiger partial charge in [-0.1, -0.05) is 58.4 Å². The van der Waals surface area contributed by atoms with Crippen molar-refractivity contribution in [3.8, 4) is 0 Å². The molecule has 0 aliphatic carbocycles. The minimum absolute atomic E-state index is 0. The monoisotopic (exact) mass is 304 g/mol. The first kappa shape index (κ1) is 20.2. The smallest absolute Gasteiger partial charge is 0.331 e. The third kappa shape index (κ3) is 12.3. The Kier molecular flexibility index (Phi) is 16.7. The van der Waals surface area contributed by atoms with Crippen LogP contribution in [0.4, 0.5) is 0 Å². The van der Waals surface area contributed by atoms with Gasteiger partial charge in [-0.2, -0.15) is 0 Å². The largest absolute Gasteiger partial charge is 0.478 e. The van der Waals surface area contributed by atoms with Crippen LogP contribution in [0.1, 0.15) is 78.1 Å². The second kappa shape index (κ2) is 14.9. The van der Waals surface area contributed by atoms with Crippen LogP contribution >= 0.6 is 0 Å². The number of carboxylic acids is 1. The Bertz CT molecular complexity index is 225. The van der Waals surface area contributed by atoms with Gasteiger partial charge in [0.1, 0.15) is 0 Å². The molecule has 0 aliphatic heterocycles. The molecule has 18 heavy (non-hydrogen) atoms. The summed E-state index contributed by atoms with van der Waals surface area (Å²) in [6.45, 7) is 4.36. The first-order valence-electron chi connectivity index (χ1n) is 7.14. The number of hydrogen-bond acceptors (Lipinski definition) is 1. The van der Waals surface area contributed by atoms with Gasteiger partial charge < -0.3 is 5.11 Å². The molecule has 0 spiro atoms. The van der Waals surface area contributed by atoms with Crippen LogP contribution in [0.25, 0.3) is 0 Å². The summed E-state index contributed by atoms with van der Waals surface area (Å²) in [5, 5.41) is 9.06. The van der Waals surface area contributed by atoms with Crippen LogP contribution in [0, 0.1) is 0 Å². The predicted molar refractivity (Wildman–Crippen MR) is 73.2 cm³/mol. The molecule has 0 aromatic rings. The van der Waals surface area contributed by atoms with Crippen LogP contribution in [0.2, 0.25) is 0 Å². The van der Waals surface area contributed by atoms with Crippen LogP contribution in [0.3, 0.4) is 0 Å². The normalized spacial score (nSPS) is 11.1. The summed E-state index contributed by atoms with van der Waals surface area (Å²) in [4.78, 5) is 11.0. The summed E-state index contributed by atoms with van der Waals surface area (Å²) in [5.74, 6) is -0.725. The third-order valence-corrected chi connectivity index (χ3v) is 3.02. The van der Waals surface area contributed by atoms with E-state index in [1.807, 2.05) is 6.08 Å². The van der Waals surface area contributed by atoms with Crippen molar-refractivity contribution in [1.29, 1.82) is 0 Å². The van der Waals surface area contributed by atoms with Crippen LogP contribution in [0.5, 0.6) is 0 Å². The van der Waals surface area contributed by atoms with Crippen LogP contribution < -0.4 is 0 Å². The molecule has 3 heteroatoms. The second-order valence-corrected chi connectivity index (χ2v) is 4.69. The van der Waals surface area contributed by atoms with Crippen molar-refractivity contribution < 1.29 is 29.4 Å². The van der Waals surface area contributed by atoms with E-state index in [0.29, 0.717) is 5.57 Å². The molecule has 0 aromatic heterocycles. The maximum Gasteiger partial charge on any atom is 0.331 e. The minimum atomic E-state index is -0.725. The van der Waals surface area contributed by atoms with Crippen molar-refractivity contribution in [2.24, 2.45) is 0 Å². The summed E-state index contributed by atoms with van der Waals surface area (Å²) in [7, 11) is 0. The van der Waals surface area contributed by atoms with E-state index in [1.54, 1.807) is 0 Å². The maximum absolute atomic E-state index is 11.0. The van der Waals surface area contributed by atoms with E-state index in [9.17, 15) is 4.79 Å². The quantitative estimate of drug-likeness (QED) is 0.334. The molecule has 0 unspecified atom stereocenters. The number of rotatable bonds is 11. The summed E-state index contributed by atoms with van der Waals surface area (Å²) in [6.07, 6.45) is 13.0. The molecule has 1 N–H and O–H groups in total. The van der Waals surface area contributed by atoms with Crippen LogP contribution in [-0.2, 0) is 24.3 Å². The van der Waals surface area contributed by atoms with Gasteiger partial charge in [0.25, 0.3) is 0 Å². The van der Waals surface area contributed by atoms with Crippen molar-refractivity contribution in [2.45, 2.75) is 78.1 Å². The topological polar surface area (TPSA) is 37.3 Å². The standard InChI is InChI=1S/C15H28O2.Zn/c1-3-5-7-9-11-13-14(15(16)17)12-10-8-6-4-2;/h13H,3-12H2,1-2H3,(H,16,17);. The van der Waals surface area contributed by atoms with Crippen LogP contribution in [0.15, 0.2) is 11.6 Å². The third-order valence-electron chi connectivity index (χ3n) is 3.02. The molecule has 0 amide bonds. The second-order valence-electron chi connectivity index (χ2n) is 4.69. The van der Waals surface area contributed by atoms with E-state index < -0.39 is 5.97 Å². The minimum Gasteiger partial charge on any atom is -0.478 e. The molecule has 0 aliphatic rings. The molecule has 0 aromatic carbocycles. The predicted octanol–water partition coefficient (Wildman–Crippen LogP) is 4.94. The molecule has 0 saturated heterocycles. The average Bonchev–Trinajstić information content (AvgIpc) is 2.31. The Balaban J connectivity index is 0. The van der Waals surface area contributed by atoms with Gasteiger partial charge in [-0.15, -0.1) is 0 Å². The van der Waals surface area contributed by atoms with E-state index in [1.165, 1.54) is 32.1 Å². The SMILES string of the molecule is CCCCCCC=C(CCCCCC)C(=O)O.[Zn]. The van der Waals surface area contributed by atoms with Crippen molar-refractivity contribution in [3.05, 3.63) is 11.6 Å². The van der Waals surface area contributed by atoms with E-state index in [-0.39, 0.29) is 19.5 Å². The number of aliphatic carboxylic acids is 1. The Hall–Kier alpha value is -0.167. The Morgan fingerprint density at radius 2 is 1.50 bits per heavy atom. The van der Waals surface area contributed by atoms with Gasteiger partial charge in [0.15, 0.2) is 0 Å². The number of carboxylic acid groups (broad SMARTS) is 1. The molecular formula is C15H28O2Zn. The fraction of sp³-hybridized carbons (Fsp3) is 0.800. The van der Waals surface area contributed by atoms with Gasteiger partial charge in [0.05, 0.1) is 0 Å². The van der Waals surface area contributed by atoms with Crippen molar-refractivity contribution in [1.82, 2.24) is 0 Å². The molecule has 0 rings (SSSR count). The van der Waals surface area contributed by atoms with Crippen molar-refractivity contribution in [3.63, 3.8) is 0 Å². The maximum atomic E-state index is 11.0. The molecular weight excluding hydrogens is 278 g/mol. The van der Waals surface area contributed by atoms with E-state index in [0.717, 1.165) is 32.1 Å². The Morgan fingerprint density at radius 1 is 0.944 bits per heavy atom. The molecule has 0 radical (unpaired) electrons. The molecule has 2 nitrogen and oxygen atoms in total. The molecule has 102 valence electrons. The number of carbonyl (C=O) groups is 1. The summed E-state index contributed by atoms with van der Waals surface area (Å²) >= 11 is 0. The summed E-state index contributed by atoms with van der Waals surface area (Å²) in [6, 6.07) is 0. The molecule has 0 saturated carbocycles. The van der Waals surface area contributed by atoms with Gasteiger partial charge in [0, 0.05) is 25.1 Å². The zero-order chi connectivity index (χ0) is 12.9. The summed E-state index contributed by atoms with van der Waals surface area (Å²) < 4.78 is 0. The zero-order valence-electron chi connectivity index (χ0n) is 12.2. The van der Waals surface area contributed by atoms with Gasteiger partial charge >= 0.3 is 5.97 Å². The van der Waals surface area contributed by atoms with Gasteiger partial charge in [0.2, 0.25) is 0 Å². The first-order valence-corrected chi connectivity index (χ1v) is 7.14. The number of hydrogen-bond donors (Lipinski definition) is 1. The van der Waals surface area contributed by atoms with E-state index in [2.05, 4.69) is 13.8 Å². The fourth-order valence-electron chi connectivity index (χ4n) is 1.89. The zero-order valence-corrected chi connectivity index (χ0v) is 15.2. The average molecular weight is 306 g/mol. The van der Waals surface area contributed by atoms with Gasteiger partial charge in [-0.3, -0.25) is 0 Å². The molecule has 0 bridgehead atoms. The Morgan fingerprint density at radius 3 is 2.00 bits per heavy atom. The Labute approximate surface area is 125 Å². The fourth-order valence-corrected chi connectivity index (χ4v) is 1.89. The molecule has 0 atom stereocenters. The van der Waals surface area contributed by atoms with E-state index in [4.69, 9.17) is 5.11 Å². The summed E-state index contributed by atoms with van der Waals surface area (Å²) in [5.41, 5.74) is 0.623. The molecule has 0 heterocycles. The van der Waals surface area contributed by atoms with Gasteiger partial charge in [-0.05, 0) is 25.7 Å².